The van der Waals surface area contributed by atoms with Gasteiger partial charge in [0.25, 0.3) is 0 Å². The van der Waals surface area contributed by atoms with Gasteiger partial charge in [0.1, 0.15) is 0 Å². The number of amides is 1. The van der Waals surface area contributed by atoms with E-state index < -0.39 is 22.7 Å². The fraction of sp³-hybridized carbons (Fsp3) is 0.200. The van der Waals surface area contributed by atoms with E-state index in [1.165, 1.54) is 6.07 Å². The van der Waals surface area contributed by atoms with E-state index in [0.717, 1.165) is 12.1 Å². The van der Waals surface area contributed by atoms with E-state index in [1.807, 2.05) is 0 Å². The number of alkyl halides is 3. The van der Waals surface area contributed by atoms with Crippen molar-refractivity contribution in [3.05, 3.63) is 52.8 Å². The standard InChI is InChI=1S/C15H12ClF3N2O2/c16-13-4-3-10(8-12(13)15(17,18)19)20-14(23)5-7-21-6-1-2-11(21)9-22/h1-4,6,8-9H,5,7H2,(H,20,23). The number of carbonyl (C=O) groups excluding carboxylic acids is 2. The SMILES string of the molecule is O=Cc1cccn1CCC(=O)Nc1ccc(Cl)c(C(F)(F)F)c1. The third-order valence-electron chi connectivity index (χ3n) is 3.12. The Morgan fingerprint density at radius 3 is 2.70 bits per heavy atom. The first-order valence-electron chi connectivity index (χ1n) is 6.58. The van der Waals surface area contributed by atoms with Crippen molar-refractivity contribution in [2.75, 3.05) is 5.32 Å². The number of nitrogens with zero attached hydrogens (tertiary/aromatic N) is 1. The van der Waals surface area contributed by atoms with E-state index in [1.54, 1.807) is 22.9 Å². The summed E-state index contributed by atoms with van der Waals surface area (Å²) in [5.74, 6) is -0.467. The van der Waals surface area contributed by atoms with Crippen molar-refractivity contribution in [2.24, 2.45) is 0 Å². The van der Waals surface area contributed by atoms with Crippen molar-refractivity contribution in [2.45, 2.75) is 19.1 Å². The molecule has 122 valence electrons. The van der Waals surface area contributed by atoms with Gasteiger partial charge in [0.15, 0.2) is 6.29 Å². The zero-order valence-electron chi connectivity index (χ0n) is 11.7. The van der Waals surface area contributed by atoms with Crippen LogP contribution in [0.25, 0.3) is 0 Å². The van der Waals surface area contributed by atoms with E-state index in [9.17, 15) is 22.8 Å². The van der Waals surface area contributed by atoms with Gasteiger partial charge in [-0.05, 0) is 30.3 Å². The highest BCUT2D eigenvalue weighted by atomic mass is 35.5. The van der Waals surface area contributed by atoms with Crippen LogP contribution in [0.5, 0.6) is 0 Å². The largest absolute Gasteiger partial charge is 0.417 e. The van der Waals surface area contributed by atoms with Gasteiger partial charge < -0.3 is 9.88 Å². The van der Waals surface area contributed by atoms with Gasteiger partial charge in [-0.2, -0.15) is 13.2 Å². The lowest BCUT2D eigenvalue weighted by Crippen LogP contribution is -2.16. The fourth-order valence-corrected chi connectivity index (χ4v) is 2.23. The third-order valence-corrected chi connectivity index (χ3v) is 3.45. The summed E-state index contributed by atoms with van der Waals surface area (Å²) in [5.41, 5.74) is -0.580. The average Bonchev–Trinajstić information content (AvgIpc) is 2.93. The van der Waals surface area contributed by atoms with E-state index in [2.05, 4.69) is 5.32 Å². The quantitative estimate of drug-likeness (QED) is 0.833. The molecule has 0 unspecified atom stereocenters. The highest BCUT2D eigenvalue weighted by Gasteiger charge is 2.33. The van der Waals surface area contributed by atoms with E-state index in [4.69, 9.17) is 11.6 Å². The van der Waals surface area contributed by atoms with Gasteiger partial charge in [0.05, 0.1) is 16.3 Å². The molecule has 0 saturated carbocycles. The number of aryl methyl sites for hydroxylation is 1. The van der Waals surface area contributed by atoms with Crippen LogP contribution in [0.4, 0.5) is 18.9 Å². The molecule has 2 rings (SSSR count). The number of aromatic nitrogens is 1. The zero-order chi connectivity index (χ0) is 17.0. The normalized spacial score (nSPS) is 11.3. The molecule has 0 saturated heterocycles. The van der Waals surface area contributed by atoms with Crippen molar-refractivity contribution in [1.29, 1.82) is 0 Å². The zero-order valence-corrected chi connectivity index (χ0v) is 12.5. The van der Waals surface area contributed by atoms with Crippen LogP contribution in [-0.4, -0.2) is 16.8 Å². The number of benzene rings is 1. The van der Waals surface area contributed by atoms with Crippen molar-refractivity contribution in [3.63, 3.8) is 0 Å². The fourth-order valence-electron chi connectivity index (χ4n) is 2.00. The molecular weight excluding hydrogens is 333 g/mol. The Labute approximate surface area is 134 Å². The van der Waals surface area contributed by atoms with Gasteiger partial charge in [-0.15, -0.1) is 0 Å². The van der Waals surface area contributed by atoms with Gasteiger partial charge in [-0.1, -0.05) is 11.6 Å². The number of hydrogen-bond donors (Lipinski definition) is 1. The first kappa shape index (κ1) is 17.1. The summed E-state index contributed by atoms with van der Waals surface area (Å²) in [6, 6.07) is 6.42. The molecule has 1 heterocycles. The second-order valence-corrected chi connectivity index (χ2v) is 5.14. The first-order valence-corrected chi connectivity index (χ1v) is 6.96. The average molecular weight is 345 g/mol. The summed E-state index contributed by atoms with van der Waals surface area (Å²) in [5, 5.41) is 1.95. The van der Waals surface area contributed by atoms with E-state index in [0.29, 0.717) is 12.0 Å². The lowest BCUT2D eigenvalue weighted by atomic mass is 10.2. The maximum absolute atomic E-state index is 12.7. The Morgan fingerprint density at radius 2 is 2.04 bits per heavy atom. The molecule has 0 radical (unpaired) electrons. The molecule has 0 spiro atoms. The van der Waals surface area contributed by atoms with Crippen LogP contribution < -0.4 is 5.32 Å². The molecule has 23 heavy (non-hydrogen) atoms. The second kappa shape index (κ2) is 6.87. The molecular formula is C15H12ClF3N2O2. The van der Waals surface area contributed by atoms with Gasteiger partial charge >= 0.3 is 6.18 Å². The predicted molar refractivity (Wildman–Crippen MR) is 79.5 cm³/mol. The molecule has 0 atom stereocenters. The van der Waals surface area contributed by atoms with Gasteiger partial charge in [0.2, 0.25) is 5.91 Å². The summed E-state index contributed by atoms with van der Waals surface area (Å²) in [6.07, 6.45) is -2.28. The second-order valence-electron chi connectivity index (χ2n) is 4.73. The number of halogens is 4. The molecule has 0 fully saturated rings. The van der Waals surface area contributed by atoms with Crippen LogP contribution in [0.15, 0.2) is 36.5 Å². The Kier molecular flexibility index (Phi) is 5.10. The van der Waals surface area contributed by atoms with Crippen LogP contribution in [-0.2, 0) is 17.5 Å². The Morgan fingerprint density at radius 1 is 1.30 bits per heavy atom. The summed E-state index contributed by atoms with van der Waals surface area (Å²) >= 11 is 5.51. The lowest BCUT2D eigenvalue weighted by molar-refractivity contribution is -0.137. The molecule has 1 amide bonds. The van der Waals surface area contributed by atoms with Gasteiger partial charge in [-0.25, -0.2) is 0 Å². The monoisotopic (exact) mass is 344 g/mol. The highest BCUT2D eigenvalue weighted by Crippen LogP contribution is 2.36. The molecule has 1 aromatic carbocycles. The summed E-state index contributed by atoms with van der Waals surface area (Å²) in [6.45, 7) is 0.243. The molecule has 8 heteroatoms. The minimum Gasteiger partial charge on any atom is -0.345 e. The molecule has 2 aromatic rings. The van der Waals surface area contributed by atoms with E-state index >= 15 is 0 Å². The minimum absolute atomic E-state index is 0.00911. The van der Waals surface area contributed by atoms with Crippen molar-refractivity contribution < 1.29 is 22.8 Å². The summed E-state index contributed by atoms with van der Waals surface area (Å²) < 4.78 is 39.8. The maximum atomic E-state index is 12.7. The first-order chi connectivity index (χ1) is 10.8. The van der Waals surface area contributed by atoms with Crippen LogP contribution in [0.1, 0.15) is 22.5 Å². The van der Waals surface area contributed by atoms with Crippen LogP contribution in [0, 0.1) is 0 Å². The van der Waals surface area contributed by atoms with Crippen LogP contribution in [0.2, 0.25) is 5.02 Å². The number of nitrogens with one attached hydrogen (secondary N) is 1. The molecule has 1 N–H and O–H groups in total. The molecule has 0 bridgehead atoms. The van der Waals surface area contributed by atoms with Crippen molar-refractivity contribution in [3.8, 4) is 0 Å². The Balaban J connectivity index is 2.02. The topological polar surface area (TPSA) is 51.1 Å². The van der Waals surface area contributed by atoms with E-state index in [-0.39, 0.29) is 18.7 Å². The third kappa shape index (κ3) is 4.35. The number of carbonyl (C=O) groups is 2. The van der Waals surface area contributed by atoms with Crippen LogP contribution in [0.3, 0.4) is 0 Å². The molecule has 1 aromatic heterocycles. The highest BCUT2D eigenvalue weighted by molar-refractivity contribution is 6.31. The number of aldehydes is 1. The van der Waals surface area contributed by atoms with Gasteiger partial charge in [-0.3, -0.25) is 9.59 Å². The lowest BCUT2D eigenvalue weighted by Gasteiger charge is -2.12. The molecule has 4 nitrogen and oxygen atoms in total. The Hall–Kier alpha value is -2.28. The summed E-state index contributed by atoms with van der Waals surface area (Å²) in [4.78, 5) is 22.6. The van der Waals surface area contributed by atoms with Crippen molar-refractivity contribution in [1.82, 2.24) is 4.57 Å². The number of anilines is 1. The van der Waals surface area contributed by atoms with Crippen molar-refractivity contribution >= 4 is 29.5 Å². The smallest absolute Gasteiger partial charge is 0.345 e. The molecule has 0 aliphatic rings. The molecule has 0 aliphatic carbocycles. The number of hydrogen-bond acceptors (Lipinski definition) is 2. The summed E-state index contributed by atoms with van der Waals surface area (Å²) in [7, 11) is 0. The maximum Gasteiger partial charge on any atom is 0.417 e. The molecule has 0 aliphatic heterocycles. The number of rotatable bonds is 5. The minimum atomic E-state index is -4.60. The van der Waals surface area contributed by atoms with Gasteiger partial charge in [0, 0.05) is 24.8 Å². The Bertz CT molecular complexity index is 726. The predicted octanol–water partition coefficient (Wildman–Crippen LogP) is 4.00. The van der Waals surface area contributed by atoms with Crippen LogP contribution >= 0.6 is 11.6 Å².